The van der Waals surface area contributed by atoms with Crippen LogP contribution in [0.1, 0.15) is 23.1 Å². The molecule has 0 unspecified atom stereocenters. The molecule has 0 aliphatic heterocycles. The normalized spacial score (nSPS) is 11.0. The second kappa shape index (κ2) is 12.4. The Labute approximate surface area is 217 Å². The molecule has 0 atom stereocenters. The lowest BCUT2D eigenvalue weighted by atomic mass is 10.1. The Bertz CT molecular complexity index is 1290. The van der Waals surface area contributed by atoms with Crippen molar-refractivity contribution in [3.63, 3.8) is 0 Å². The number of benzene rings is 2. The highest BCUT2D eigenvalue weighted by Crippen LogP contribution is 2.37. The highest BCUT2D eigenvalue weighted by Gasteiger charge is 2.16. The van der Waals surface area contributed by atoms with Gasteiger partial charge in [-0.15, -0.1) is 10.2 Å². The molecule has 0 aliphatic rings. The molecule has 1 heterocycles. The Kier molecular flexibility index (Phi) is 9.32. The number of carbonyl (C=O) groups excluding carboxylic acids is 1. The van der Waals surface area contributed by atoms with E-state index in [9.17, 15) is 10.1 Å². The summed E-state index contributed by atoms with van der Waals surface area (Å²) in [5, 5.41) is 21.7. The standard InChI is InChI=1S/C24H22Cl2N4O4S/c1-4-32-21-12-16(10-17(13-27)23(31)28-24-30-29-15(3)35-24)11-20(26)22(21)34-8-7-33-18-5-6-19(25)14(2)9-18/h5-6,9-12H,4,7-8H2,1-3H3,(H,28,30,31). The van der Waals surface area contributed by atoms with Gasteiger partial charge < -0.3 is 14.2 Å². The summed E-state index contributed by atoms with van der Waals surface area (Å²) in [6.45, 7) is 6.33. The fourth-order valence-electron chi connectivity index (χ4n) is 2.91. The lowest BCUT2D eigenvalue weighted by Gasteiger charge is -2.15. The van der Waals surface area contributed by atoms with Crippen LogP contribution in [0.3, 0.4) is 0 Å². The molecule has 0 spiro atoms. The number of aryl methyl sites for hydroxylation is 2. The van der Waals surface area contributed by atoms with Gasteiger partial charge in [-0.1, -0.05) is 34.5 Å². The number of carbonyl (C=O) groups is 1. The third-order valence-corrected chi connectivity index (χ3v) is 5.94. The van der Waals surface area contributed by atoms with Crippen molar-refractivity contribution in [1.82, 2.24) is 10.2 Å². The quantitative estimate of drug-likeness (QED) is 0.198. The molecule has 0 fully saturated rings. The third kappa shape index (κ3) is 7.33. The highest BCUT2D eigenvalue weighted by atomic mass is 35.5. The Balaban J connectivity index is 1.71. The van der Waals surface area contributed by atoms with Gasteiger partial charge in [-0.2, -0.15) is 5.26 Å². The molecule has 2 aromatic carbocycles. The first-order chi connectivity index (χ1) is 16.8. The van der Waals surface area contributed by atoms with Crippen LogP contribution in [0.15, 0.2) is 35.9 Å². The molecule has 0 saturated carbocycles. The minimum Gasteiger partial charge on any atom is -0.490 e. The van der Waals surface area contributed by atoms with Gasteiger partial charge in [0.05, 0.1) is 11.6 Å². The molecule has 1 aromatic heterocycles. The Morgan fingerprint density at radius 3 is 2.54 bits per heavy atom. The number of hydrogen-bond acceptors (Lipinski definition) is 8. The molecule has 3 aromatic rings. The smallest absolute Gasteiger partial charge is 0.268 e. The van der Waals surface area contributed by atoms with Gasteiger partial charge >= 0.3 is 0 Å². The van der Waals surface area contributed by atoms with Crippen molar-refractivity contribution in [2.45, 2.75) is 20.8 Å². The minimum absolute atomic E-state index is 0.128. The van der Waals surface area contributed by atoms with Gasteiger partial charge in [0.1, 0.15) is 35.6 Å². The van der Waals surface area contributed by atoms with E-state index in [1.165, 1.54) is 17.4 Å². The molecule has 182 valence electrons. The fraction of sp³-hybridized carbons (Fsp3) is 0.250. The predicted octanol–water partition coefficient (Wildman–Crippen LogP) is 5.86. The van der Waals surface area contributed by atoms with E-state index >= 15 is 0 Å². The average Bonchev–Trinajstić information content (AvgIpc) is 3.23. The van der Waals surface area contributed by atoms with Gasteiger partial charge in [-0.05, 0) is 68.3 Å². The topological polar surface area (TPSA) is 106 Å². The summed E-state index contributed by atoms with van der Waals surface area (Å²) < 4.78 is 17.2. The highest BCUT2D eigenvalue weighted by molar-refractivity contribution is 7.15. The summed E-state index contributed by atoms with van der Waals surface area (Å²) in [5.41, 5.74) is 1.29. The van der Waals surface area contributed by atoms with E-state index in [-0.39, 0.29) is 23.8 Å². The van der Waals surface area contributed by atoms with E-state index < -0.39 is 5.91 Å². The maximum atomic E-state index is 12.5. The minimum atomic E-state index is -0.604. The number of nitriles is 1. The van der Waals surface area contributed by atoms with Crippen LogP contribution in [0.25, 0.3) is 6.08 Å². The van der Waals surface area contributed by atoms with Crippen molar-refractivity contribution in [3.05, 3.63) is 62.1 Å². The van der Waals surface area contributed by atoms with Crippen LogP contribution < -0.4 is 19.5 Å². The van der Waals surface area contributed by atoms with Gasteiger partial charge in [0.2, 0.25) is 5.13 Å². The van der Waals surface area contributed by atoms with Gasteiger partial charge in [-0.25, -0.2) is 0 Å². The maximum absolute atomic E-state index is 12.5. The largest absolute Gasteiger partial charge is 0.490 e. The molecule has 0 aliphatic carbocycles. The number of amides is 1. The van der Waals surface area contributed by atoms with Crippen LogP contribution in [0, 0.1) is 25.2 Å². The first-order valence-corrected chi connectivity index (χ1v) is 12.1. The Morgan fingerprint density at radius 1 is 1.11 bits per heavy atom. The summed E-state index contributed by atoms with van der Waals surface area (Å²) in [5.74, 6) is 0.797. The predicted molar refractivity (Wildman–Crippen MR) is 137 cm³/mol. The Morgan fingerprint density at radius 2 is 1.89 bits per heavy atom. The first-order valence-electron chi connectivity index (χ1n) is 10.5. The zero-order valence-corrected chi connectivity index (χ0v) is 21.6. The first kappa shape index (κ1) is 26.3. The maximum Gasteiger partial charge on any atom is 0.268 e. The van der Waals surface area contributed by atoms with Crippen LogP contribution in [0.2, 0.25) is 10.0 Å². The van der Waals surface area contributed by atoms with Gasteiger partial charge in [0, 0.05) is 5.02 Å². The summed E-state index contributed by atoms with van der Waals surface area (Å²) >= 11 is 13.7. The second-order valence-corrected chi connectivity index (χ2v) is 9.12. The van der Waals surface area contributed by atoms with E-state index in [4.69, 9.17) is 37.4 Å². The zero-order chi connectivity index (χ0) is 25.4. The number of nitrogens with zero attached hydrogens (tertiary/aromatic N) is 3. The monoisotopic (exact) mass is 532 g/mol. The van der Waals surface area contributed by atoms with E-state index in [2.05, 4.69) is 15.5 Å². The molecule has 3 rings (SSSR count). The van der Waals surface area contributed by atoms with Gasteiger partial charge in [0.25, 0.3) is 5.91 Å². The molecular weight excluding hydrogens is 511 g/mol. The molecule has 0 saturated heterocycles. The van der Waals surface area contributed by atoms with Crippen molar-refractivity contribution in [1.29, 1.82) is 5.26 Å². The fourth-order valence-corrected chi connectivity index (χ4v) is 3.89. The third-order valence-electron chi connectivity index (χ3n) is 4.48. The van der Waals surface area contributed by atoms with Crippen LogP contribution >= 0.6 is 34.5 Å². The molecule has 35 heavy (non-hydrogen) atoms. The summed E-state index contributed by atoms with van der Waals surface area (Å²) in [6.07, 6.45) is 1.41. The number of halogens is 2. The number of ether oxygens (including phenoxy) is 3. The average molecular weight is 533 g/mol. The lowest BCUT2D eigenvalue weighted by Crippen LogP contribution is -2.13. The number of anilines is 1. The number of aromatic nitrogens is 2. The zero-order valence-electron chi connectivity index (χ0n) is 19.2. The van der Waals surface area contributed by atoms with E-state index in [1.807, 2.05) is 26.0 Å². The van der Waals surface area contributed by atoms with Gasteiger partial charge in [-0.3, -0.25) is 10.1 Å². The molecular formula is C24H22Cl2N4O4S. The van der Waals surface area contributed by atoms with Gasteiger partial charge in [0.15, 0.2) is 11.5 Å². The number of hydrogen-bond donors (Lipinski definition) is 1. The van der Waals surface area contributed by atoms with Crippen molar-refractivity contribution >= 4 is 51.7 Å². The summed E-state index contributed by atoms with van der Waals surface area (Å²) in [4.78, 5) is 12.5. The number of nitrogens with one attached hydrogen (secondary N) is 1. The SMILES string of the molecule is CCOc1cc(C=C(C#N)C(=O)Nc2nnc(C)s2)cc(Cl)c1OCCOc1ccc(Cl)c(C)c1. The van der Waals surface area contributed by atoms with Crippen molar-refractivity contribution in [2.75, 3.05) is 25.1 Å². The van der Waals surface area contributed by atoms with Crippen LogP contribution in [-0.2, 0) is 4.79 Å². The van der Waals surface area contributed by atoms with Crippen LogP contribution in [0.4, 0.5) is 5.13 Å². The number of rotatable bonds is 10. The molecule has 1 N–H and O–H groups in total. The molecule has 11 heteroatoms. The van der Waals surface area contributed by atoms with E-state index in [1.54, 1.807) is 31.2 Å². The van der Waals surface area contributed by atoms with Crippen LogP contribution in [0.5, 0.6) is 17.2 Å². The Hall–Kier alpha value is -3.32. The van der Waals surface area contributed by atoms with Crippen molar-refractivity contribution in [2.24, 2.45) is 0 Å². The molecule has 1 amide bonds. The van der Waals surface area contributed by atoms with Crippen molar-refractivity contribution in [3.8, 4) is 23.3 Å². The lowest BCUT2D eigenvalue weighted by molar-refractivity contribution is -0.112. The van der Waals surface area contributed by atoms with E-state index in [0.29, 0.717) is 44.6 Å². The second-order valence-electron chi connectivity index (χ2n) is 7.12. The van der Waals surface area contributed by atoms with Crippen molar-refractivity contribution < 1.29 is 19.0 Å². The summed E-state index contributed by atoms with van der Waals surface area (Å²) in [7, 11) is 0. The van der Waals surface area contributed by atoms with E-state index in [0.717, 1.165) is 5.56 Å². The van der Waals surface area contributed by atoms with Crippen LogP contribution in [-0.4, -0.2) is 35.9 Å². The summed E-state index contributed by atoms with van der Waals surface area (Å²) in [6, 6.07) is 10.5. The molecule has 0 bridgehead atoms. The molecule has 8 nitrogen and oxygen atoms in total. The molecule has 0 radical (unpaired) electrons.